The van der Waals surface area contributed by atoms with Crippen molar-refractivity contribution < 1.29 is 0 Å². The molecule has 1 heteroatoms. The predicted molar refractivity (Wildman–Crippen MR) is 55.2 cm³/mol. The fraction of sp³-hybridized carbons (Fsp3) is 0.800. The Morgan fingerprint density at radius 3 is 2.36 bits per heavy atom. The fourth-order valence-corrected chi connectivity index (χ4v) is 1.20. The van der Waals surface area contributed by atoms with Crippen molar-refractivity contribution in [3.05, 3.63) is 6.08 Å². The predicted octanol–water partition coefficient (Wildman–Crippen LogP) is 3.89. The quantitative estimate of drug-likeness (QED) is 0.412. The maximum Gasteiger partial charge on any atom is -0.0266 e. The van der Waals surface area contributed by atoms with Crippen molar-refractivity contribution >= 4 is 17.2 Å². The molecular formula is C10H18S. The van der Waals surface area contributed by atoms with Gasteiger partial charge in [0.1, 0.15) is 0 Å². The zero-order valence-corrected chi connectivity index (χ0v) is 8.25. The first-order valence-electron chi connectivity index (χ1n) is 4.61. The highest BCUT2D eigenvalue weighted by molar-refractivity contribution is 7.78. The summed E-state index contributed by atoms with van der Waals surface area (Å²) < 4.78 is 0. The van der Waals surface area contributed by atoms with Crippen molar-refractivity contribution in [2.45, 2.75) is 51.9 Å². The first-order valence-corrected chi connectivity index (χ1v) is 5.02. The number of rotatable bonds is 7. The zero-order valence-electron chi connectivity index (χ0n) is 7.44. The molecule has 0 saturated carbocycles. The number of unbranched alkanes of at least 4 members (excludes halogenated alkanes) is 6. The Morgan fingerprint density at radius 2 is 1.73 bits per heavy atom. The third kappa shape index (κ3) is 9.87. The van der Waals surface area contributed by atoms with Crippen LogP contribution in [-0.2, 0) is 0 Å². The summed E-state index contributed by atoms with van der Waals surface area (Å²) >= 11 is 4.57. The molecule has 0 fully saturated rings. The van der Waals surface area contributed by atoms with E-state index in [4.69, 9.17) is 0 Å². The lowest BCUT2D eigenvalue weighted by molar-refractivity contribution is 0.612. The first kappa shape index (κ1) is 10.9. The molecule has 0 radical (unpaired) electrons. The van der Waals surface area contributed by atoms with Crippen molar-refractivity contribution in [2.24, 2.45) is 0 Å². The molecule has 0 atom stereocenters. The van der Waals surface area contributed by atoms with Crippen LogP contribution < -0.4 is 0 Å². The van der Waals surface area contributed by atoms with Crippen LogP contribution in [0.4, 0.5) is 0 Å². The minimum Gasteiger partial charge on any atom is -0.0654 e. The van der Waals surface area contributed by atoms with Crippen LogP contribution in [0.5, 0.6) is 0 Å². The summed E-state index contributed by atoms with van der Waals surface area (Å²) in [7, 11) is 0. The molecule has 0 N–H and O–H groups in total. The van der Waals surface area contributed by atoms with Crippen molar-refractivity contribution in [2.75, 3.05) is 0 Å². The molecule has 64 valence electrons. The van der Waals surface area contributed by atoms with E-state index in [2.05, 4.69) is 24.2 Å². The van der Waals surface area contributed by atoms with Crippen LogP contribution >= 0.6 is 12.2 Å². The second kappa shape index (κ2) is 9.87. The summed E-state index contributed by atoms with van der Waals surface area (Å²) in [6.07, 6.45) is 11.2. The molecule has 0 aliphatic carbocycles. The molecule has 11 heavy (non-hydrogen) atoms. The Kier molecular flexibility index (Phi) is 9.75. The smallest absolute Gasteiger partial charge is 0.0266 e. The maximum absolute atomic E-state index is 4.57. The fourth-order valence-electron chi connectivity index (χ4n) is 1.09. The van der Waals surface area contributed by atoms with Crippen molar-refractivity contribution in [1.82, 2.24) is 0 Å². The highest BCUT2D eigenvalue weighted by atomic mass is 32.1. The van der Waals surface area contributed by atoms with Gasteiger partial charge in [0, 0.05) is 0 Å². The molecule has 0 aromatic carbocycles. The summed E-state index contributed by atoms with van der Waals surface area (Å²) in [5, 5.41) is 2.63. The molecule has 0 spiro atoms. The minimum absolute atomic E-state index is 1.12. The Balaban J connectivity index is 2.84. The van der Waals surface area contributed by atoms with E-state index in [0.29, 0.717) is 0 Å². The average Bonchev–Trinajstić information content (AvgIpc) is 2.03. The Morgan fingerprint density at radius 1 is 1.09 bits per heavy atom. The van der Waals surface area contributed by atoms with E-state index in [1.54, 1.807) is 0 Å². The van der Waals surface area contributed by atoms with Crippen LogP contribution in [-0.4, -0.2) is 5.02 Å². The molecule has 0 aliphatic heterocycles. The van der Waals surface area contributed by atoms with Gasteiger partial charge in [0.05, 0.1) is 0 Å². The molecule has 0 bridgehead atoms. The van der Waals surface area contributed by atoms with Crippen molar-refractivity contribution in [1.29, 1.82) is 0 Å². The molecule has 0 aromatic rings. The van der Waals surface area contributed by atoms with Crippen LogP contribution in [0.1, 0.15) is 51.9 Å². The standard InChI is InChI=1S/C10H18S/c1-2-3-4-5-6-7-8-9-10-11/h9H,2-8H2,1H3. The molecule has 0 aromatic heterocycles. The summed E-state index contributed by atoms with van der Waals surface area (Å²) in [5.74, 6) is 0. The Labute approximate surface area is 75.7 Å². The molecule has 0 amide bonds. The molecule has 0 unspecified atom stereocenters. The van der Waals surface area contributed by atoms with Crippen LogP contribution in [0.2, 0.25) is 0 Å². The third-order valence-corrected chi connectivity index (χ3v) is 1.95. The zero-order chi connectivity index (χ0) is 8.36. The normalized spacial score (nSPS) is 9.18. The Bertz CT molecular complexity index is 112. The highest BCUT2D eigenvalue weighted by Gasteiger charge is 1.87. The summed E-state index contributed by atoms with van der Waals surface area (Å²) in [4.78, 5) is 0. The molecule has 0 heterocycles. The van der Waals surface area contributed by atoms with Crippen molar-refractivity contribution in [3.8, 4) is 0 Å². The van der Waals surface area contributed by atoms with Gasteiger partial charge in [-0.15, -0.1) is 0 Å². The summed E-state index contributed by atoms with van der Waals surface area (Å²) in [5.41, 5.74) is 0. The van der Waals surface area contributed by atoms with Crippen LogP contribution in [0.25, 0.3) is 0 Å². The maximum atomic E-state index is 4.57. The van der Waals surface area contributed by atoms with Gasteiger partial charge in [-0.3, -0.25) is 0 Å². The average molecular weight is 170 g/mol. The van der Waals surface area contributed by atoms with Gasteiger partial charge in [-0.1, -0.05) is 44.1 Å². The number of hydrogen-bond acceptors (Lipinski definition) is 1. The number of hydrogen-bond donors (Lipinski definition) is 0. The lowest BCUT2D eigenvalue weighted by Gasteiger charge is -1.96. The van der Waals surface area contributed by atoms with E-state index in [1.807, 2.05) is 6.08 Å². The van der Waals surface area contributed by atoms with E-state index in [9.17, 15) is 0 Å². The van der Waals surface area contributed by atoms with Crippen LogP contribution in [0.3, 0.4) is 0 Å². The monoisotopic (exact) mass is 170 g/mol. The lowest BCUT2D eigenvalue weighted by atomic mass is 10.1. The number of thiocarbonyl (C=S) groups is 1. The van der Waals surface area contributed by atoms with E-state index in [1.165, 1.54) is 38.5 Å². The van der Waals surface area contributed by atoms with Gasteiger partial charge in [-0.05, 0) is 31.1 Å². The van der Waals surface area contributed by atoms with E-state index < -0.39 is 0 Å². The van der Waals surface area contributed by atoms with Gasteiger partial charge in [0.15, 0.2) is 0 Å². The molecular weight excluding hydrogens is 152 g/mol. The number of allylic oxidation sites excluding steroid dienone is 1. The molecule has 0 nitrogen and oxygen atoms in total. The molecule has 0 saturated heterocycles. The van der Waals surface area contributed by atoms with Crippen LogP contribution in [0.15, 0.2) is 6.08 Å². The Hall–Kier alpha value is -0.130. The summed E-state index contributed by atoms with van der Waals surface area (Å²) in [6, 6.07) is 0. The second-order valence-corrected chi connectivity index (χ2v) is 3.11. The first-order chi connectivity index (χ1) is 5.41. The molecule has 0 aliphatic rings. The van der Waals surface area contributed by atoms with Crippen LogP contribution in [0, 0.1) is 0 Å². The van der Waals surface area contributed by atoms with Gasteiger partial charge >= 0.3 is 0 Å². The largest absolute Gasteiger partial charge is 0.0654 e. The van der Waals surface area contributed by atoms with E-state index in [-0.39, 0.29) is 0 Å². The van der Waals surface area contributed by atoms with E-state index in [0.717, 1.165) is 6.42 Å². The van der Waals surface area contributed by atoms with Crippen molar-refractivity contribution in [3.63, 3.8) is 0 Å². The highest BCUT2D eigenvalue weighted by Crippen LogP contribution is 2.06. The SMILES string of the molecule is CCCCCCCCC=C=S. The van der Waals surface area contributed by atoms with Gasteiger partial charge < -0.3 is 0 Å². The third-order valence-electron chi connectivity index (χ3n) is 1.79. The van der Waals surface area contributed by atoms with Gasteiger partial charge in [0.2, 0.25) is 0 Å². The van der Waals surface area contributed by atoms with E-state index >= 15 is 0 Å². The summed E-state index contributed by atoms with van der Waals surface area (Å²) in [6.45, 7) is 2.24. The second-order valence-electron chi connectivity index (χ2n) is 2.88. The molecule has 0 rings (SSSR count). The van der Waals surface area contributed by atoms with Gasteiger partial charge in [-0.25, -0.2) is 0 Å². The minimum atomic E-state index is 1.12. The van der Waals surface area contributed by atoms with Gasteiger partial charge in [-0.2, -0.15) is 0 Å². The van der Waals surface area contributed by atoms with Gasteiger partial charge in [0.25, 0.3) is 0 Å². The lowest BCUT2D eigenvalue weighted by Crippen LogP contribution is -1.77. The topological polar surface area (TPSA) is 0 Å².